The average Bonchev–Trinajstić information content (AvgIpc) is 2.42. The predicted octanol–water partition coefficient (Wildman–Crippen LogP) is 1.79. The molecule has 0 heterocycles. The lowest BCUT2D eigenvalue weighted by atomic mass is 10.1. The maximum absolute atomic E-state index is 11.8. The van der Waals surface area contributed by atoms with Crippen molar-refractivity contribution in [3.05, 3.63) is 48.0 Å². The highest BCUT2D eigenvalue weighted by Crippen LogP contribution is 2.03. The lowest BCUT2D eigenvalue weighted by molar-refractivity contribution is -0.119. The summed E-state index contributed by atoms with van der Waals surface area (Å²) in [6.07, 6.45) is 1.74. The fourth-order valence-electron chi connectivity index (χ4n) is 1.52. The number of benzene rings is 1. The van der Waals surface area contributed by atoms with Crippen LogP contribution in [0.5, 0.6) is 0 Å². The van der Waals surface area contributed by atoms with Crippen LogP contribution in [0.25, 0.3) is 0 Å². The van der Waals surface area contributed by atoms with Crippen molar-refractivity contribution in [1.29, 1.82) is 0 Å². The predicted molar refractivity (Wildman–Crippen MR) is 79.6 cm³/mol. The van der Waals surface area contributed by atoms with Crippen LogP contribution in [0.15, 0.2) is 42.0 Å². The van der Waals surface area contributed by atoms with Crippen molar-refractivity contribution in [2.45, 2.75) is 20.3 Å². The van der Waals surface area contributed by atoms with Gasteiger partial charge in [0.1, 0.15) is 0 Å². The molecule has 0 bridgehead atoms. The molecule has 1 aromatic carbocycles. The summed E-state index contributed by atoms with van der Waals surface area (Å²) in [7, 11) is 0. The number of hydrazone groups is 1. The van der Waals surface area contributed by atoms with Crippen LogP contribution < -0.4 is 10.7 Å². The number of amides is 2. The van der Waals surface area contributed by atoms with Gasteiger partial charge in [0.25, 0.3) is 5.91 Å². The Morgan fingerprint density at radius 1 is 1.40 bits per heavy atom. The Labute approximate surface area is 118 Å². The summed E-state index contributed by atoms with van der Waals surface area (Å²) < 4.78 is 0. The summed E-state index contributed by atoms with van der Waals surface area (Å²) in [6, 6.07) is 7.21. The molecule has 106 valence electrons. The fourth-order valence-corrected chi connectivity index (χ4v) is 1.52. The van der Waals surface area contributed by atoms with E-state index in [-0.39, 0.29) is 18.2 Å². The van der Waals surface area contributed by atoms with Crippen molar-refractivity contribution in [3.8, 4) is 0 Å². The topological polar surface area (TPSA) is 70.6 Å². The molecular weight excluding hydrogens is 254 g/mol. The molecule has 0 unspecified atom stereocenters. The quantitative estimate of drug-likeness (QED) is 0.471. The van der Waals surface area contributed by atoms with Crippen LogP contribution >= 0.6 is 0 Å². The molecule has 1 rings (SSSR count). The van der Waals surface area contributed by atoms with E-state index in [1.54, 1.807) is 25.1 Å². The van der Waals surface area contributed by atoms with Crippen molar-refractivity contribution >= 4 is 17.5 Å². The van der Waals surface area contributed by atoms with E-state index in [1.165, 1.54) is 0 Å². The summed E-state index contributed by atoms with van der Waals surface area (Å²) in [5, 5.41) is 6.55. The van der Waals surface area contributed by atoms with Crippen molar-refractivity contribution in [3.63, 3.8) is 0 Å². The first-order valence-corrected chi connectivity index (χ1v) is 6.30. The van der Waals surface area contributed by atoms with Crippen LogP contribution in [0.4, 0.5) is 0 Å². The summed E-state index contributed by atoms with van der Waals surface area (Å²) in [5.41, 5.74) is 4.51. The highest BCUT2D eigenvalue weighted by Gasteiger charge is 2.06. The van der Waals surface area contributed by atoms with Crippen LogP contribution in [0.3, 0.4) is 0 Å². The van der Waals surface area contributed by atoms with E-state index in [4.69, 9.17) is 0 Å². The molecule has 20 heavy (non-hydrogen) atoms. The van der Waals surface area contributed by atoms with Gasteiger partial charge in [-0.2, -0.15) is 5.10 Å². The van der Waals surface area contributed by atoms with E-state index in [9.17, 15) is 9.59 Å². The summed E-state index contributed by atoms with van der Waals surface area (Å²) in [5.74, 6) is -0.449. The Kier molecular flexibility index (Phi) is 6.16. The third-order valence-electron chi connectivity index (χ3n) is 2.49. The fraction of sp³-hybridized carbons (Fsp3) is 0.267. The van der Waals surface area contributed by atoms with Gasteiger partial charge in [-0.25, -0.2) is 5.43 Å². The first kappa shape index (κ1) is 15.6. The van der Waals surface area contributed by atoms with Gasteiger partial charge in [0, 0.05) is 17.8 Å². The van der Waals surface area contributed by atoms with Crippen molar-refractivity contribution in [2.75, 3.05) is 6.54 Å². The Hall–Kier alpha value is -2.43. The van der Waals surface area contributed by atoms with Gasteiger partial charge in [0.2, 0.25) is 5.91 Å². The van der Waals surface area contributed by atoms with Gasteiger partial charge < -0.3 is 5.32 Å². The van der Waals surface area contributed by atoms with Crippen molar-refractivity contribution in [2.24, 2.45) is 5.10 Å². The number of nitrogens with zero attached hydrogens (tertiary/aromatic N) is 1. The lowest BCUT2D eigenvalue weighted by Gasteiger charge is -2.04. The zero-order valence-corrected chi connectivity index (χ0v) is 11.8. The van der Waals surface area contributed by atoms with Crippen molar-refractivity contribution in [1.82, 2.24) is 10.7 Å². The second-order valence-corrected chi connectivity index (χ2v) is 4.43. The molecule has 0 aliphatic carbocycles. The van der Waals surface area contributed by atoms with Gasteiger partial charge in [-0.3, -0.25) is 9.59 Å². The van der Waals surface area contributed by atoms with E-state index in [2.05, 4.69) is 22.4 Å². The maximum Gasteiger partial charge on any atom is 0.271 e. The summed E-state index contributed by atoms with van der Waals surface area (Å²) >= 11 is 0. The number of nitrogens with one attached hydrogen (secondary N) is 2. The molecule has 2 amide bonds. The number of aryl methyl sites for hydroxylation is 1. The smallest absolute Gasteiger partial charge is 0.271 e. The molecule has 1 aromatic rings. The SMILES string of the molecule is C=CCNC(=O)C/C(C)=N\NC(=O)c1cccc(C)c1. The van der Waals surface area contributed by atoms with Gasteiger partial charge >= 0.3 is 0 Å². The van der Waals surface area contributed by atoms with E-state index in [0.29, 0.717) is 17.8 Å². The molecule has 0 fully saturated rings. The molecule has 0 aliphatic rings. The van der Waals surface area contributed by atoms with Crippen LogP contribution in [0.2, 0.25) is 0 Å². The largest absolute Gasteiger partial charge is 0.352 e. The Bertz CT molecular complexity index is 536. The molecular formula is C15H19N3O2. The molecule has 5 nitrogen and oxygen atoms in total. The minimum atomic E-state index is -0.292. The number of hydrogen-bond donors (Lipinski definition) is 2. The second kappa shape index (κ2) is 7.89. The molecule has 0 aromatic heterocycles. The Balaban J connectivity index is 2.52. The normalized spacial score (nSPS) is 10.8. The molecule has 0 radical (unpaired) electrons. The first-order chi connectivity index (χ1) is 9.52. The molecule has 0 atom stereocenters. The van der Waals surface area contributed by atoms with Crippen molar-refractivity contribution < 1.29 is 9.59 Å². The van der Waals surface area contributed by atoms with Crippen LogP contribution in [-0.4, -0.2) is 24.1 Å². The van der Waals surface area contributed by atoms with Crippen LogP contribution in [0.1, 0.15) is 29.3 Å². The number of hydrogen-bond acceptors (Lipinski definition) is 3. The van der Waals surface area contributed by atoms with Gasteiger partial charge in [0.05, 0.1) is 6.42 Å². The minimum Gasteiger partial charge on any atom is -0.352 e. The summed E-state index contributed by atoms with van der Waals surface area (Å²) in [4.78, 5) is 23.2. The molecule has 5 heteroatoms. The van der Waals surface area contributed by atoms with Gasteiger partial charge in [-0.15, -0.1) is 6.58 Å². The minimum absolute atomic E-state index is 0.141. The number of rotatable bonds is 6. The molecule has 0 aliphatic heterocycles. The monoisotopic (exact) mass is 273 g/mol. The Morgan fingerprint density at radius 2 is 2.15 bits per heavy atom. The van der Waals surface area contributed by atoms with Crippen LogP contribution in [-0.2, 0) is 4.79 Å². The first-order valence-electron chi connectivity index (χ1n) is 6.30. The second-order valence-electron chi connectivity index (χ2n) is 4.43. The van der Waals surface area contributed by atoms with Gasteiger partial charge in [-0.1, -0.05) is 23.8 Å². The third-order valence-corrected chi connectivity index (χ3v) is 2.49. The number of carbonyl (C=O) groups is 2. The molecule has 0 spiro atoms. The number of carbonyl (C=O) groups excluding carboxylic acids is 2. The van der Waals surface area contributed by atoms with Gasteiger partial charge in [-0.05, 0) is 26.0 Å². The molecule has 2 N–H and O–H groups in total. The Morgan fingerprint density at radius 3 is 2.80 bits per heavy atom. The average molecular weight is 273 g/mol. The standard InChI is InChI=1S/C15H19N3O2/c1-4-8-16-14(19)10-12(3)17-18-15(20)13-7-5-6-11(2)9-13/h4-7,9H,1,8,10H2,2-3H3,(H,16,19)(H,18,20)/b17-12-. The maximum atomic E-state index is 11.8. The van der Waals surface area contributed by atoms with Gasteiger partial charge in [0.15, 0.2) is 0 Å². The highest BCUT2D eigenvalue weighted by atomic mass is 16.2. The third kappa shape index (κ3) is 5.48. The van der Waals surface area contributed by atoms with E-state index >= 15 is 0 Å². The van der Waals surface area contributed by atoms with E-state index in [1.807, 2.05) is 19.1 Å². The van der Waals surface area contributed by atoms with E-state index < -0.39 is 0 Å². The zero-order valence-electron chi connectivity index (χ0n) is 11.8. The summed E-state index contributed by atoms with van der Waals surface area (Å²) in [6.45, 7) is 7.52. The van der Waals surface area contributed by atoms with Crippen LogP contribution in [0, 0.1) is 6.92 Å². The highest BCUT2D eigenvalue weighted by molar-refractivity contribution is 6.01. The zero-order chi connectivity index (χ0) is 15.0. The lowest BCUT2D eigenvalue weighted by Crippen LogP contribution is -2.26. The molecule has 0 saturated carbocycles. The molecule has 0 saturated heterocycles. The van der Waals surface area contributed by atoms with E-state index in [0.717, 1.165) is 5.56 Å².